The van der Waals surface area contributed by atoms with Crippen LogP contribution >= 0.6 is 0 Å². The van der Waals surface area contributed by atoms with E-state index >= 15 is 0 Å². The van der Waals surface area contributed by atoms with Gasteiger partial charge in [-0.25, -0.2) is 0 Å². The summed E-state index contributed by atoms with van der Waals surface area (Å²) < 4.78 is 4.85. The number of hydrogen-bond acceptors (Lipinski definition) is 5. The topological polar surface area (TPSA) is 87.9 Å². The van der Waals surface area contributed by atoms with Crippen LogP contribution in [0, 0.1) is 0 Å². The summed E-state index contributed by atoms with van der Waals surface area (Å²) in [5, 5.41) is 2.78. The Morgan fingerprint density at radius 3 is 2.22 bits per heavy atom. The van der Waals surface area contributed by atoms with E-state index in [0.717, 1.165) is 26.2 Å². The summed E-state index contributed by atoms with van der Waals surface area (Å²) in [6.45, 7) is 4.87. The van der Waals surface area contributed by atoms with Crippen molar-refractivity contribution in [1.82, 2.24) is 15.1 Å². The van der Waals surface area contributed by atoms with Gasteiger partial charge in [0.05, 0.1) is 19.7 Å². The van der Waals surface area contributed by atoms with Crippen molar-refractivity contribution in [2.24, 2.45) is 5.73 Å². The quantitative estimate of drug-likeness (QED) is 0.508. The molecular formula is C11H22N4O3. The smallest absolute Gasteiger partial charge is 0.234 e. The summed E-state index contributed by atoms with van der Waals surface area (Å²) in [7, 11) is 1.60. The van der Waals surface area contributed by atoms with E-state index in [1.165, 1.54) is 0 Å². The molecule has 7 heteroatoms. The molecule has 7 nitrogen and oxygen atoms in total. The third-order valence-electron chi connectivity index (χ3n) is 2.84. The number of nitrogens with two attached hydrogens (primary N) is 1. The summed E-state index contributed by atoms with van der Waals surface area (Å²) in [4.78, 5) is 26.4. The lowest BCUT2D eigenvalue weighted by molar-refractivity contribution is -0.124. The fourth-order valence-corrected chi connectivity index (χ4v) is 1.88. The Bertz CT molecular complexity index is 277. The van der Waals surface area contributed by atoms with Crippen LogP contribution in [0.4, 0.5) is 0 Å². The van der Waals surface area contributed by atoms with E-state index in [4.69, 9.17) is 10.5 Å². The van der Waals surface area contributed by atoms with Gasteiger partial charge in [0.15, 0.2) is 0 Å². The Hall–Kier alpha value is -1.18. The van der Waals surface area contributed by atoms with Gasteiger partial charge in [0, 0.05) is 39.8 Å². The zero-order valence-corrected chi connectivity index (χ0v) is 10.9. The Labute approximate surface area is 107 Å². The lowest BCUT2D eigenvalue weighted by atomic mass is 10.3. The Morgan fingerprint density at radius 2 is 1.72 bits per heavy atom. The lowest BCUT2D eigenvalue weighted by Crippen LogP contribution is -2.51. The molecule has 0 bridgehead atoms. The fourth-order valence-electron chi connectivity index (χ4n) is 1.88. The molecule has 0 radical (unpaired) electrons. The molecule has 1 rings (SSSR count). The first kappa shape index (κ1) is 14.9. The lowest BCUT2D eigenvalue weighted by Gasteiger charge is -2.33. The maximum absolute atomic E-state index is 11.5. The third-order valence-corrected chi connectivity index (χ3v) is 2.84. The average Bonchev–Trinajstić information content (AvgIpc) is 2.31. The van der Waals surface area contributed by atoms with Gasteiger partial charge in [-0.3, -0.25) is 19.4 Å². The molecule has 0 unspecified atom stereocenters. The van der Waals surface area contributed by atoms with Gasteiger partial charge in [0.2, 0.25) is 11.8 Å². The monoisotopic (exact) mass is 258 g/mol. The van der Waals surface area contributed by atoms with Crippen LogP contribution < -0.4 is 11.1 Å². The van der Waals surface area contributed by atoms with Gasteiger partial charge in [-0.15, -0.1) is 0 Å². The molecule has 1 heterocycles. The number of nitrogens with zero attached hydrogens (tertiary/aromatic N) is 2. The SMILES string of the molecule is COCCNC(=O)CN1CCN(CC(N)=O)CC1. The minimum atomic E-state index is -0.305. The van der Waals surface area contributed by atoms with Crippen LogP contribution in [-0.2, 0) is 14.3 Å². The highest BCUT2D eigenvalue weighted by molar-refractivity contribution is 5.78. The summed E-state index contributed by atoms with van der Waals surface area (Å²) >= 11 is 0. The second-order valence-electron chi connectivity index (χ2n) is 4.36. The zero-order chi connectivity index (χ0) is 13.4. The van der Waals surface area contributed by atoms with Crippen LogP contribution in [0.1, 0.15) is 0 Å². The number of methoxy groups -OCH3 is 1. The van der Waals surface area contributed by atoms with Crippen LogP contribution in [0.15, 0.2) is 0 Å². The summed E-state index contributed by atoms with van der Waals surface area (Å²) in [5.41, 5.74) is 5.14. The van der Waals surface area contributed by atoms with Crippen LogP contribution in [0.2, 0.25) is 0 Å². The first-order valence-corrected chi connectivity index (χ1v) is 6.10. The van der Waals surface area contributed by atoms with E-state index in [1.54, 1.807) is 7.11 Å². The van der Waals surface area contributed by atoms with Crippen molar-refractivity contribution < 1.29 is 14.3 Å². The molecule has 0 aliphatic carbocycles. The molecule has 3 N–H and O–H groups in total. The van der Waals surface area contributed by atoms with Crippen molar-refractivity contribution in [2.45, 2.75) is 0 Å². The van der Waals surface area contributed by atoms with Crippen LogP contribution in [0.5, 0.6) is 0 Å². The van der Waals surface area contributed by atoms with E-state index in [9.17, 15) is 9.59 Å². The number of carbonyl (C=O) groups is 2. The molecule has 1 fully saturated rings. The Kier molecular flexibility index (Phi) is 6.63. The largest absolute Gasteiger partial charge is 0.383 e. The molecule has 0 atom stereocenters. The second kappa shape index (κ2) is 8.02. The number of ether oxygens (including phenoxy) is 1. The van der Waals surface area contributed by atoms with Gasteiger partial charge < -0.3 is 15.8 Å². The van der Waals surface area contributed by atoms with E-state index < -0.39 is 0 Å². The number of carbonyl (C=O) groups excluding carboxylic acids is 2. The predicted octanol–water partition coefficient (Wildman–Crippen LogP) is -2.15. The van der Waals surface area contributed by atoms with Gasteiger partial charge in [0.1, 0.15) is 0 Å². The number of amides is 2. The van der Waals surface area contributed by atoms with Crippen LogP contribution in [0.3, 0.4) is 0 Å². The standard InChI is InChI=1S/C11H22N4O3/c1-18-7-2-13-11(17)9-15-5-3-14(4-6-15)8-10(12)16/h2-9H2,1H3,(H2,12,16)(H,13,17). The van der Waals surface area contributed by atoms with Crippen molar-refractivity contribution >= 4 is 11.8 Å². The molecule has 0 aromatic carbocycles. The highest BCUT2D eigenvalue weighted by Gasteiger charge is 2.19. The maximum Gasteiger partial charge on any atom is 0.234 e. The van der Waals surface area contributed by atoms with Crippen molar-refractivity contribution in [3.63, 3.8) is 0 Å². The van der Waals surface area contributed by atoms with E-state index in [-0.39, 0.29) is 11.8 Å². The number of rotatable bonds is 7. The van der Waals surface area contributed by atoms with Gasteiger partial charge in [-0.05, 0) is 0 Å². The molecule has 0 aromatic rings. The van der Waals surface area contributed by atoms with Gasteiger partial charge in [-0.2, -0.15) is 0 Å². The van der Waals surface area contributed by atoms with Gasteiger partial charge in [0.25, 0.3) is 0 Å². The first-order valence-electron chi connectivity index (χ1n) is 6.10. The number of piperazine rings is 1. The molecule has 0 aromatic heterocycles. The van der Waals surface area contributed by atoms with Crippen molar-refractivity contribution in [1.29, 1.82) is 0 Å². The Morgan fingerprint density at radius 1 is 1.17 bits per heavy atom. The van der Waals surface area contributed by atoms with Crippen LogP contribution in [-0.4, -0.2) is 81.1 Å². The van der Waals surface area contributed by atoms with Crippen molar-refractivity contribution in [2.75, 3.05) is 59.5 Å². The highest BCUT2D eigenvalue weighted by atomic mass is 16.5. The van der Waals surface area contributed by atoms with Gasteiger partial charge >= 0.3 is 0 Å². The molecular weight excluding hydrogens is 236 g/mol. The summed E-state index contributed by atoms with van der Waals surface area (Å²) in [5.74, 6) is -0.295. The maximum atomic E-state index is 11.5. The molecule has 2 amide bonds. The second-order valence-corrected chi connectivity index (χ2v) is 4.36. The van der Waals surface area contributed by atoms with Crippen LogP contribution in [0.25, 0.3) is 0 Å². The average molecular weight is 258 g/mol. The third kappa shape index (κ3) is 5.95. The molecule has 1 aliphatic rings. The molecule has 1 aliphatic heterocycles. The zero-order valence-electron chi connectivity index (χ0n) is 10.9. The van der Waals surface area contributed by atoms with E-state index in [1.807, 2.05) is 4.90 Å². The predicted molar refractivity (Wildman–Crippen MR) is 67.0 cm³/mol. The normalized spacial score (nSPS) is 17.6. The summed E-state index contributed by atoms with van der Waals surface area (Å²) in [6.07, 6.45) is 0. The van der Waals surface area contributed by atoms with Crippen molar-refractivity contribution in [3.8, 4) is 0 Å². The fraction of sp³-hybridized carbons (Fsp3) is 0.818. The molecule has 0 spiro atoms. The molecule has 0 saturated carbocycles. The Balaban J connectivity index is 2.14. The number of hydrogen-bond donors (Lipinski definition) is 2. The molecule has 18 heavy (non-hydrogen) atoms. The summed E-state index contributed by atoms with van der Waals surface area (Å²) in [6, 6.07) is 0. The molecule has 104 valence electrons. The minimum absolute atomic E-state index is 0.00963. The van der Waals surface area contributed by atoms with Crippen molar-refractivity contribution in [3.05, 3.63) is 0 Å². The van der Waals surface area contributed by atoms with Gasteiger partial charge in [-0.1, -0.05) is 0 Å². The molecule has 1 saturated heterocycles. The number of primary amides is 1. The van der Waals surface area contributed by atoms with E-state index in [0.29, 0.717) is 26.2 Å². The highest BCUT2D eigenvalue weighted by Crippen LogP contribution is 2.00. The number of nitrogens with one attached hydrogen (secondary N) is 1. The van der Waals surface area contributed by atoms with E-state index in [2.05, 4.69) is 10.2 Å². The minimum Gasteiger partial charge on any atom is -0.383 e. The first-order chi connectivity index (χ1) is 8.61.